The third kappa shape index (κ3) is 3.16. The van der Waals surface area contributed by atoms with Crippen molar-refractivity contribution in [1.29, 1.82) is 0 Å². The SMILES string of the molecule is CC(NCC1CN(C)CCO1)C1CCC1. The van der Waals surface area contributed by atoms with Crippen molar-refractivity contribution in [1.82, 2.24) is 10.2 Å². The Morgan fingerprint density at radius 2 is 2.27 bits per heavy atom. The summed E-state index contributed by atoms with van der Waals surface area (Å²) < 4.78 is 5.73. The average Bonchev–Trinajstić information content (AvgIpc) is 2.12. The van der Waals surface area contributed by atoms with Gasteiger partial charge in [-0.2, -0.15) is 0 Å². The predicted octanol–water partition coefficient (Wildman–Crippen LogP) is 1.10. The zero-order chi connectivity index (χ0) is 10.7. The molecule has 15 heavy (non-hydrogen) atoms. The van der Waals surface area contributed by atoms with E-state index in [1.807, 2.05) is 0 Å². The molecule has 1 saturated carbocycles. The molecule has 0 aromatic carbocycles. The summed E-state index contributed by atoms with van der Waals surface area (Å²) in [6.07, 6.45) is 4.66. The minimum atomic E-state index is 0.395. The largest absolute Gasteiger partial charge is 0.374 e. The summed E-state index contributed by atoms with van der Waals surface area (Å²) >= 11 is 0. The number of nitrogens with zero attached hydrogens (tertiary/aromatic N) is 1. The first-order valence-electron chi connectivity index (χ1n) is 6.29. The molecule has 1 N–H and O–H groups in total. The van der Waals surface area contributed by atoms with Crippen molar-refractivity contribution < 1.29 is 4.74 Å². The van der Waals surface area contributed by atoms with Gasteiger partial charge in [-0.25, -0.2) is 0 Å². The van der Waals surface area contributed by atoms with Gasteiger partial charge in [-0.1, -0.05) is 6.42 Å². The smallest absolute Gasteiger partial charge is 0.0826 e. The van der Waals surface area contributed by atoms with Crippen LogP contribution in [0.1, 0.15) is 26.2 Å². The van der Waals surface area contributed by atoms with Gasteiger partial charge < -0.3 is 15.0 Å². The minimum Gasteiger partial charge on any atom is -0.374 e. The second kappa shape index (κ2) is 5.28. The van der Waals surface area contributed by atoms with Gasteiger partial charge in [0.2, 0.25) is 0 Å². The van der Waals surface area contributed by atoms with Gasteiger partial charge in [-0.05, 0) is 32.7 Å². The van der Waals surface area contributed by atoms with Crippen molar-refractivity contribution in [3.63, 3.8) is 0 Å². The molecule has 88 valence electrons. The van der Waals surface area contributed by atoms with E-state index in [0.717, 1.165) is 32.2 Å². The van der Waals surface area contributed by atoms with E-state index in [9.17, 15) is 0 Å². The maximum atomic E-state index is 5.73. The van der Waals surface area contributed by atoms with Crippen molar-refractivity contribution in [2.45, 2.75) is 38.3 Å². The lowest BCUT2D eigenvalue weighted by Crippen LogP contribution is -2.48. The quantitative estimate of drug-likeness (QED) is 0.755. The highest BCUT2D eigenvalue weighted by Gasteiger charge is 2.25. The van der Waals surface area contributed by atoms with E-state index in [0.29, 0.717) is 12.1 Å². The number of morpholine rings is 1. The van der Waals surface area contributed by atoms with Gasteiger partial charge in [-0.3, -0.25) is 0 Å². The number of nitrogens with one attached hydrogen (secondary N) is 1. The van der Waals surface area contributed by atoms with Gasteiger partial charge >= 0.3 is 0 Å². The number of rotatable bonds is 4. The van der Waals surface area contributed by atoms with Gasteiger partial charge in [0.05, 0.1) is 12.7 Å². The molecule has 1 aliphatic heterocycles. The predicted molar refractivity (Wildman–Crippen MR) is 62.0 cm³/mol. The highest BCUT2D eigenvalue weighted by Crippen LogP contribution is 2.29. The van der Waals surface area contributed by atoms with Gasteiger partial charge in [0, 0.05) is 25.7 Å². The fraction of sp³-hybridized carbons (Fsp3) is 1.00. The van der Waals surface area contributed by atoms with Crippen LogP contribution in [-0.2, 0) is 4.74 Å². The standard InChI is InChI=1S/C12H24N2O/c1-10(11-4-3-5-11)13-8-12-9-14(2)6-7-15-12/h10-13H,3-9H2,1-2H3. The summed E-state index contributed by atoms with van der Waals surface area (Å²) in [6.45, 7) is 6.37. The van der Waals surface area contributed by atoms with Crippen LogP contribution in [0.2, 0.25) is 0 Å². The molecule has 2 atom stereocenters. The van der Waals surface area contributed by atoms with Gasteiger partial charge in [0.1, 0.15) is 0 Å². The second-order valence-electron chi connectivity index (χ2n) is 5.14. The molecule has 0 radical (unpaired) electrons. The van der Waals surface area contributed by atoms with E-state index < -0.39 is 0 Å². The molecule has 3 nitrogen and oxygen atoms in total. The minimum absolute atomic E-state index is 0.395. The fourth-order valence-corrected chi connectivity index (χ4v) is 2.41. The zero-order valence-corrected chi connectivity index (χ0v) is 10.0. The van der Waals surface area contributed by atoms with Gasteiger partial charge in [-0.15, -0.1) is 0 Å². The third-order valence-electron chi connectivity index (χ3n) is 3.87. The highest BCUT2D eigenvalue weighted by atomic mass is 16.5. The van der Waals surface area contributed by atoms with Crippen LogP contribution in [0.5, 0.6) is 0 Å². The van der Waals surface area contributed by atoms with E-state index in [4.69, 9.17) is 4.74 Å². The van der Waals surface area contributed by atoms with Crippen LogP contribution in [0.3, 0.4) is 0 Å². The molecule has 2 rings (SSSR count). The molecule has 1 aliphatic carbocycles. The number of hydrogen-bond donors (Lipinski definition) is 1. The first-order chi connectivity index (χ1) is 7.25. The van der Waals surface area contributed by atoms with E-state index in [1.54, 1.807) is 0 Å². The number of ether oxygens (including phenoxy) is 1. The van der Waals surface area contributed by atoms with Gasteiger partial charge in [0.15, 0.2) is 0 Å². The van der Waals surface area contributed by atoms with E-state index in [1.165, 1.54) is 19.3 Å². The molecule has 0 aromatic rings. The Morgan fingerprint density at radius 3 is 2.87 bits per heavy atom. The van der Waals surface area contributed by atoms with Crippen LogP contribution >= 0.6 is 0 Å². The average molecular weight is 212 g/mol. The van der Waals surface area contributed by atoms with Crippen molar-refractivity contribution in [3.8, 4) is 0 Å². The van der Waals surface area contributed by atoms with Crippen LogP contribution in [0, 0.1) is 5.92 Å². The molecule has 2 unspecified atom stereocenters. The van der Waals surface area contributed by atoms with E-state index in [-0.39, 0.29) is 0 Å². The van der Waals surface area contributed by atoms with Crippen LogP contribution in [-0.4, -0.2) is 50.3 Å². The summed E-state index contributed by atoms with van der Waals surface area (Å²) in [5.74, 6) is 0.923. The first kappa shape index (κ1) is 11.4. The molecular formula is C12H24N2O. The summed E-state index contributed by atoms with van der Waals surface area (Å²) in [5.41, 5.74) is 0. The van der Waals surface area contributed by atoms with Crippen LogP contribution in [0.4, 0.5) is 0 Å². The summed E-state index contributed by atoms with van der Waals surface area (Å²) in [4.78, 5) is 2.35. The first-order valence-corrected chi connectivity index (χ1v) is 6.29. The molecule has 2 fully saturated rings. The normalized spacial score (nSPS) is 31.2. The molecule has 0 bridgehead atoms. The topological polar surface area (TPSA) is 24.5 Å². The lowest BCUT2D eigenvalue weighted by Gasteiger charge is -2.35. The molecule has 1 saturated heterocycles. The molecule has 0 amide bonds. The van der Waals surface area contributed by atoms with Crippen molar-refractivity contribution >= 4 is 0 Å². The Morgan fingerprint density at radius 1 is 1.47 bits per heavy atom. The summed E-state index contributed by atoms with van der Waals surface area (Å²) in [5, 5.41) is 3.62. The number of likely N-dealkylation sites (N-methyl/N-ethyl adjacent to an activating group) is 1. The highest BCUT2D eigenvalue weighted by molar-refractivity contribution is 4.81. The lowest BCUT2D eigenvalue weighted by atomic mass is 9.80. The van der Waals surface area contributed by atoms with Crippen molar-refractivity contribution in [2.75, 3.05) is 33.3 Å². The Balaban J connectivity index is 1.63. The third-order valence-corrected chi connectivity index (χ3v) is 3.87. The molecule has 3 heteroatoms. The Bertz CT molecular complexity index is 194. The van der Waals surface area contributed by atoms with Crippen LogP contribution < -0.4 is 5.32 Å². The maximum absolute atomic E-state index is 5.73. The number of hydrogen-bond acceptors (Lipinski definition) is 3. The van der Waals surface area contributed by atoms with Crippen LogP contribution in [0.15, 0.2) is 0 Å². The van der Waals surface area contributed by atoms with Gasteiger partial charge in [0.25, 0.3) is 0 Å². The molecule has 0 aromatic heterocycles. The second-order valence-corrected chi connectivity index (χ2v) is 5.14. The lowest BCUT2D eigenvalue weighted by molar-refractivity contribution is -0.0204. The van der Waals surface area contributed by atoms with E-state index in [2.05, 4.69) is 24.2 Å². The van der Waals surface area contributed by atoms with Crippen molar-refractivity contribution in [3.05, 3.63) is 0 Å². The molecule has 2 aliphatic rings. The summed E-state index contributed by atoms with van der Waals surface area (Å²) in [6, 6.07) is 0.676. The molecular weight excluding hydrogens is 188 g/mol. The Hall–Kier alpha value is -0.120. The monoisotopic (exact) mass is 212 g/mol. The molecule has 0 spiro atoms. The maximum Gasteiger partial charge on any atom is 0.0826 e. The summed E-state index contributed by atoms with van der Waals surface area (Å²) in [7, 11) is 2.17. The molecule has 1 heterocycles. The fourth-order valence-electron chi connectivity index (χ4n) is 2.41. The zero-order valence-electron chi connectivity index (χ0n) is 10.0. The van der Waals surface area contributed by atoms with Crippen LogP contribution in [0.25, 0.3) is 0 Å². The Kier molecular flexibility index (Phi) is 4.00. The van der Waals surface area contributed by atoms with E-state index >= 15 is 0 Å². The Labute approximate surface area is 93.2 Å². The van der Waals surface area contributed by atoms with Crippen molar-refractivity contribution in [2.24, 2.45) is 5.92 Å².